The number of amides is 1. The molecule has 0 saturated carbocycles. The number of para-hydroxylation sites is 1. The van der Waals surface area contributed by atoms with Gasteiger partial charge in [0.1, 0.15) is 5.75 Å². The van der Waals surface area contributed by atoms with Crippen LogP contribution >= 0.6 is 12.2 Å². The van der Waals surface area contributed by atoms with E-state index in [0.717, 1.165) is 23.4 Å². The van der Waals surface area contributed by atoms with E-state index in [2.05, 4.69) is 31.4 Å². The van der Waals surface area contributed by atoms with Crippen LogP contribution in [0, 0.1) is 0 Å². The molecule has 1 atom stereocenters. The summed E-state index contributed by atoms with van der Waals surface area (Å²) in [6.07, 6.45) is 1.08. The highest BCUT2D eigenvalue weighted by atomic mass is 32.1. The van der Waals surface area contributed by atoms with E-state index >= 15 is 0 Å². The molecule has 4 nitrogen and oxygen atoms in total. The molecular formula is C21H26N2O2S. The van der Waals surface area contributed by atoms with Gasteiger partial charge < -0.3 is 10.1 Å². The van der Waals surface area contributed by atoms with E-state index in [1.165, 1.54) is 0 Å². The normalized spacial score (nSPS) is 11.7. The summed E-state index contributed by atoms with van der Waals surface area (Å²) in [5.41, 5.74) is 2.59. The van der Waals surface area contributed by atoms with Crippen molar-refractivity contribution >= 4 is 28.9 Å². The molecular weight excluding hydrogens is 344 g/mol. The van der Waals surface area contributed by atoms with Gasteiger partial charge in [0.2, 0.25) is 0 Å². The summed E-state index contributed by atoms with van der Waals surface area (Å²) in [7, 11) is 0. The first kappa shape index (κ1) is 19.9. The van der Waals surface area contributed by atoms with Crippen LogP contribution in [-0.4, -0.2) is 17.1 Å². The van der Waals surface area contributed by atoms with Gasteiger partial charge in [-0.15, -0.1) is 0 Å². The van der Waals surface area contributed by atoms with E-state index < -0.39 is 0 Å². The number of rotatable bonds is 6. The van der Waals surface area contributed by atoms with Gasteiger partial charge in [0.25, 0.3) is 5.91 Å². The molecule has 0 aliphatic rings. The van der Waals surface area contributed by atoms with E-state index in [0.29, 0.717) is 11.5 Å². The van der Waals surface area contributed by atoms with E-state index in [4.69, 9.17) is 17.0 Å². The summed E-state index contributed by atoms with van der Waals surface area (Å²) >= 11 is 5.29. The fourth-order valence-electron chi connectivity index (χ4n) is 2.44. The van der Waals surface area contributed by atoms with E-state index in [-0.39, 0.29) is 17.1 Å². The Hall–Kier alpha value is -2.40. The van der Waals surface area contributed by atoms with Gasteiger partial charge in [0.05, 0.1) is 6.10 Å². The van der Waals surface area contributed by atoms with Crippen molar-refractivity contribution in [1.82, 2.24) is 5.32 Å². The van der Waals surface area contributed by atoms with Gasteiger partial charge in [0, 0.05) is 11.3 Å². The first-order chi connectivity index (χ1) is 12.4. The highest BCUT2D eigenvalue weighted by Crippen LogP contribution is 2.23. The Morgan fingerprint density at radius 2 is 1.73 bits per heavy atom. The molecule has 0 aromatic heterocycles. The molecule has 0 saturated heterocycles. The third-order valence-corrected chi connectivity index (χ3v) is 4.29. The first-order valence-electron chi connectivity index (χ1n) is 8.88. The van der Waals surface area contributed by atoms with Gasteiger partial charge in [-0.05, 0) is 67.4 Å². The molecule has 26 heavy (non-hydrogen) atoms. The molecule has 2 aromatic rings. The molecule has 2 rings (SSSR count). The van der Waals surface area contributed by atoms with Gasteiger partial charge in [-0.3, -0.25) is 10.1 Å². The summed E-state index contributed by atoms with van der Waals surface area (Å²) in [5.74, 6) is 0.859. The number of benzene rings is 2. The zero-order valence-electron chi connectivity index (χ0n) is 15.7. The Bertz CT molecular complexity index is 757. The monoisotopic (exact) mass is 370 g/mol. The van der Waals surface area contributed by atoms with Crippen molar-refractivity contribution in [3.8, 4) is 5.75 Å². The quantitative estimate of drug-likeness (QED) is 0.694. The predicted molar refractivity (Wildman–Crippen MR) is 111 cm³/mol. The first-order valence-corrected chi connectivity index (χ1v) is 9.29. The Kier molecular flexibility index (Phi) is 7.16. The Balaban J connectivity index is 1.98. The highest BCUT2D eigenvalue weighted by molar-refractivity contribution is 7.80. The van der Waals surface area contributed by atoms with Crippen molar-refractivity contribution in [3.05, 3.63) is 59.7 Å². The van der Waals surface area contributed by atoms with Crippen molar-refractivity contribution in [2.45, 2.75) is 46.1 Å². The molecule has 1 unspecified atom stereocenters. The van der Waals surface area contributed by atoms with Gasteiger partial charge in [-0.25, -0.2) is 0 Å². The van der Waals surface area contributed by atoms with E-state index in [1.54, 1.807) is 24.3 Å². The lowest BCUT2D eigenvalue weighted by Crippen LogP contribution is -2.34. The summed E-state index contributed by atoms with van der Waals surface area (Å²) in [6.45, 7) is 8.31. The minimum atomic E-state index is -0.250. The minimum Gasteiger partial charge on any atom is -0.491 e. The Morgan fingerprint density at radius 1 is 1.08 bits per heavy atom. The maximum absolute atomic E-state index is 12.4. The van der Waals surface area contributed by atoms with Crippen LogP contribution < -0.4 is 15.4 Å². The predicted octanol–water partition coefficient (Wildman–Crippen LogP) is 5.11. The Labute approximate surface area is 161 Å². The van der Waals surface area contributed by atoms with Crippen molar-refractivity contribution in [3.63, 3.8) is 0 Å². The van der Waals surface area contributed by atoms with Crippen LogP contribution in [0.2, 0.25) is 0 Å². The number of thiocarbonyl (C=S) groups is 1. The van der Waals surface area contributed by atoms with Crippen LogP contribution in [0.1, 0.15) is 56.0 Å². The minimum absolute atomic E-state index is 0.146. The third-order valence-electron chi connectivity index (χ3n) is 4.09. The molecule has 2 N–H and O–H groups in total. The second kappa shape index (κ2) is 9.34. The number of nitrogens with one attached hydrogen (secondary N) is 2. The van der Waals surface area contributed by atoms with Gasteiger partial charge in [0.15, 0.2) is 5.11 Å². The van der Waals surface area contributed by atoms with Crippen LogP contribution in [0.5, 0.6) is 5.75 Å². The van der Waals surface area contributed by atoms with Crippen LogP contribution in [0.3, 0.4) is 0 Å². The molecule has 0 bridgehead atoms. The van der Waals surface area contributed by atoms with Crippen LogP contribution in [0.15, 0.2) is 48.5 Å². The zero-order chi connectivity index (χ0) is 19.1. The van der Waals surface area contributed by atoms with Crippen molar-refractivity contribution in [2.24, 2.45) is 0 Å². The number of ether oxygens (including phenoxy) is 1. The molecule has 0 fully saturated rings. The maximum atomic E-state index is 12.4. The lowest BCUT2D eigenvalue weighted by atomic mass is 10.0. The molecule has 0 aliphatic heterocycles. The second-order valence-corrected chi connectivity index (χ2v) is 6.92. The summed E-state index contributed by atoms with van der Waals surface area (Å²) in [5, 5.41) is 6.12. The largest absolute Gasteiger partial charge is 0.491 e. The number of carbonyl (C=O) groups excluding carboxylic acids is 1. The van der Waals surface area contributed by atoms with Gasteiger partial charge in [-0.2, -0.15) is 0 Å². The molecule has 0 spiro atoms. The highest BCUT2D eigenvalue weighted by Gasteiger charge is 2.11. The van der Waals surface area contributed by atoms with Crippen molar-refractivity contribution < 1.29 is 9.53 Å². The maximum Gasteiger partial charge on any atom is 0.257 e. The molecule has 5 heteroatoms. The molecule has 0 heterocycles. The average molecular weight is 371 g/mol. The summed E-state index contributed by atoms with van der Waals surface area (Å²) < 4.78 is 5.72. The number of hydrogen-bond donors (Lipinski definition) is 2. The van der Waals surface area contributed by atoms with Crippen molar-refractivity contribution in [2.75, 3.05) is 5.32 Å². The number of hydrogen-bond acceptors (Lipinski definition) is 3. The Morgan fingerprint density at radius 3 is 2.35 bits per heavy atom. The SMILES string of the molecule is CCC(C)Oc1ccc(C(=O)NC(=S)Nc2ccccc2C(C)C)cc1. The van der Waals surface area contributed by atoms with Gasteiger partial charge >= 0.3 is 0 Å². The molecule has 0 aliphatic carbocycles. The fourth-order valence-corrected chi connectivity index (χ4v) is 2.65. The molecule has 2 aromatic carbocycles. The van der Waals surface area contributed by atoms with E-state index in [1.807, 2.05) is 31.2 Å². The third kappa shape index (κ3) is 5.56. The van der Waals surface area contributed by atoms with Crippen LogP contribution in [0.4, 0.5) is 5.69 Å². The smallest absolute Gasteiger partial charge is 0.257 e. The summed E-state index contributed by atoms with van der Waals surface area (Å²) in [4.78, 5) is 12.4. The van der Waals surface area contributed by atoms with Crippen LogP contribution in [-0.2, 0) is 0 Å². The molecule has 1 amide bonds. The second-order valence-electron chi connectivity index (χ2n) is 6.51. The summed E-state index contributed by atoms with van der Waals surface area (Å²) in [6, 6.07) is 15.0. The number of carbonyl (C=O) groups is 1. The fraction of sp³-hybridized carbons (Fsp3) is 0.333. The topological polar surface area (TPSA) is 50.4 Å². The lowest BCUT2D eigenvalue weighted by Gasteiger charge is -2.16. The van der Waals surface area contributed by atoms with Crippen molar-refractivity contribution in [1.29, 1.82) is 0 Å². The molecule has 138 valence electrons. The molecule has 0 radical (unpaired) electrons. The zero-order valence-corrected chi connectivity index (χ0v) is 16.5. The number of anilines is 1. The van der Waals surface area contributed by atoms with Gasteiger partial charge in [-0.1, -0.05) is 39.0 Å². The van der Waals surface area contributed by atoms with E-state index in [9.17, 15) is 4.79 Å². The standard InChI is InChI=1S/C21H26N2O2S/c1-5-15(4)25-17-12-10-16(11-13-17)20(24)23-21(26)22-19-9-7-6-8-18(19)14(2)3/h6-15H,5H2,1-4H3,(H2,22,23,24,26). The lowest BCUT2D eigenvalue weighted by molar-refractivity contribution is 0.0977. The average Bonchev–Trinajstić information content (AvgIpc) is 2.62. The van der Waals surface area contributed by atoms with Crippen LogP contribution in [0.25, 0.3) is 0 Å².